The fraction of sp³-hybridized carbons (Fsp3) is 0.238. The van der Waals surface area contributed by atoms with Crippen molar-refractivity contribution in [3.8, 4) is 0 Å². The number of hydrogen-bond acceptors (Lipinski definition) is 4. The highest BCUT2D eigenvalue weighted by molar-refractivity contribution is 6.07. The molecule has 0 atom stereocenters. The van der Waals surface area contributed by atoms with Crippen LogP contribution in [0.4, 0.5) is 5.82 Å². The molecule has 5 heteroatoms. The first-order valence-electron chi connectivity index (χ1n) is 8.87. The van der Waals surface area contributed by atoms with Crippen molar-refractivity contribution in [1.82, 2.24) is 10.3 Å². The van der Waals surface area contributed by atoms with Crippen molar-refractivity contribution in [2.24, 2.45) is 0 Å². The van der Waals surface area contributed by atoms with Crippen molar-refractivity contribution in [2.45, 2.75) is 13.0 Å². The van der Waals surface area contributed by atoms with Crippen molar-refractivity contribution in [3.05, 3.63) is 71.3 Å². The molecule has 1 aromatic heterocycles. The van der Waals surface area contributed by atoms with Gasteiger partial charge in [0, 0.05) is 25.0 Å². The van der Waals surface area contributed by atoms with Crippen LogP contribution in [0, 0.1) is 0 Å². The maximum Gasteiger partial charge on any atom is 0.252 e. The number of benzene rings is 2. The Morgan fingerprint density at radius 2 is 1.88 bits per heavy atom. The smallest absolute Gasteiger partial charge is 0.252 e. The number of aliphatic hydroxyl groups is 1. The maximum atomic E-state index is 12.6. The van der Waals surface area contributed by atoms with Crippen LogP contribution in [-0.2, 0) is 13.0 Å². The van der Waals surface area contributed by atoms with Gasteiger partial charge in [0.1, 0.15) is 5.82 Å². The van der Waals surface area contributed by atoms with Crippen molar-refractivity contribution in [2.75, 3.05) is 24.6 Å². The molecule has 26 heavy (non-hydrogen) atoms. The minimum Gasteiger partial charge on any atom is -0.395 e. The van der Waals surface area contributed by atoms with E-state index < -0.39 is 0 Å². The summed E-state index contributed by atoms with van der Waals surface area (Å²) in [6, 6.07) is 18.0. The highest BCUT2D eigenvalue weighted by Gasteiger charge is 2.20. The number of pyridine rings is 1. The second-order valence-electron chi connectivity index (χ2n) is 6.46. The topological polar surface area (TPSA) is 65.5 Å². The molecule has 0 aliphatic carbocycles. The molecule has 0 spiro atoms. The van der Waals surface area contributed by atoms with E-state index in [9.17, 15) is 4.79 Å². The number of para-hydroxylation sites is 1. The third-order valence-corrected chi connectivity index (χ3v) is 4.80. The average molecular weight is 347 g/mol. The summed E-state index contributed by atoms with van der Waals surface area (Å²) in [5, 5.41) is 12.6. The fourth-order valence-electron chi connectivity index (χ4n) is 3.47. The molecule has 2 heterocycles. The van der Waals surface area contributed by atoms with Gasteiger partial charge in [0.25, 0.3) is 5.91 Å². The van der Waals surface area contributed by atoms with E-state index in [0.29, 0.717) is 5.56 Å². The molecular weight excluding hydrogens is 326 g/mol. The summed E-state index contributed by atoms with van der Waals surface area (Å²) in [4.78, 5) is 19.6. The van der Waals surface area contributed by atoms with Gasteiger partial charge in [0.2, 0.25) is 0 Å². The number of rotatable bonds is 4. The molecule has 0 saturated heterocycles. The molecule has 0 saturated carbocycles. The maximum absolute atomic E-state index is 12.6. The number of aromatic nitrogens is 1. The highest BCUT2D eigenvalue weighted by atomic mass is 16.3. The Morgan fingerprint density at radius 3 is 2.73 bits per heavy atom. The zero-order valence-corrected chi connectivity index (χ0v) is 14.5. The Morgan fingerprint density at radius 1 is 1.12 bits per heavy atom. The first-order valence-corrected chi connectivity index (χ1v) is 8.87. The van der Waals surface area contributed by atoms with Gasteiger partial charge in [-0.05, 0) is 29.7 Å². The van der Waals surface area contributed by atoms with Crippen LogP contribution >= 0.6 is 0 Å². The average Bonchev–Trinajstić information content (AvgIpc) is 2.70. The number of hydrogen-bond donors (Lipinski definition) is 2. The summed E-state index contributed by atoms with van der Waals surface area (Å²) in [6.07, 6.45) is 0.969. The minimum atomic E-state index is -0.184. The molecule has 5 nitrogen and oxygen atoms in total. The van der Waals surface area contributed by atoms with Gasteiger partial charge in [-0.2, -0.15) is 0 Å². The van der Waals surface area contributed by atoms with E-state index in [2.05, 4.69) is 34.5 Å². The van der Waals surface area contributed by atoms with Gasteiger partial charge >= 0.3 is 0 Å². The van der Waals surface area contributed by atoms with Crippen LogP contribution in [0.5, 0.6) is 0 Å². The summed E-state index contributed by atoms with van der Waals surface area (Å²) in [7, 11) is 0. The standard InChI is InChI=1S/C21H21N3O2/c25-12-10-22-21(26)18-13-20(23-19-8-4-3-7-17(18)19)24-11-9-15-5-1-2-6-16(15)14-24/h1-8,13,25H,9-12,14H2,(H,22,26). The minimum absolute atomic E-state index is 0.0788. The van der Waals surface area contributed by atoms with Gasteiger partial charge in [-0.25, -0.2) is 4.98 Å². The molecule has 2 aromatic carbocycles. The summed E-state index contributed by atoms with van der Waals surface area (Å²) in [5.41, 5.74) is 4.08. The lowest BCUT2D eigenvalue weighted by Gasteiger charge is -2.30. The molecule has 0 radical (unpaired) electrons. The quantitative estimate of drug-likeness (QED) is 0.761. The number of fused-ring (bicyclic) bond motifs is 2. The summed E-state index contributed by atoms with van der Waals surface area (Å²) < 4.78 is 0. The predicted molar refractivity (Wildman–Crippen MR) is 102 cm³/mol. The number of aliphatic hydroxyl groups excluding tert-OH is 1. The van der Waals surface area contributed by atoms with Crippen LogP contribution in [0.2, 0.25) is 0 Å². The van der Waals surface area contributed by atoms with Crippen LogP contribution in [0.1, 0.15) is 21.5 Å². The fourth-order valence-corrected chi connectivity index (χ4v) is 3.47. The van der Waals surface area contributed by atoms with Gasteiger partial charge < -0.3 is 15.3 Å². The van der Waals surface area contributed by atoms with Crippen molar-refractivity contribution >= 4 is 22.6 Å². The summed E-state index contributed by atoms with van der Waals surface area (Å²) in [6.45, 7) is 1.83. The van der Waals surface area contributed by atoms with E-state index >= 15 is 0 Å². The zero-order valence-electron chi connectivity index (χ0n) is 14.5. The van der Waals surface area contributed by atoms with Gasteiger partial charge in [-0.3, -0.25) is 4.79 Å². The third kappa shape index (κ3) is 3.13. The van der Waals surface area contributed by atoms with E-state index in [4.69, 9.17) is 10.1 Å². The molecule has 0 fully saturated rings. The van der Waals surface area contributed by atoms with E-state index in [1.807, 2.05) is 30.3 Å². The third-order valence-electron chi connectivity index (χ3n) is 4.80. The largest absolute Gasteiger partial charge is 0.395 e. The van der Waals surface area contributed by atoms with Crippen LogP contribution in [0.3, 0.4) is 0 Å². The monoisotopic (exact) mass is 347 g/mol. The number of amides is 1. The van der Waals surface area contributed by atoms with Gasteiger partial charge in [0.05, 0.1) is 17.7 Å². The van der Waals surface area contributed by atoms with E-state index in [0.717, 1.165) is 36.2 Å². The molecule has 3 aromatic rings. The second kappa shape index (κ2) is 7.14. The van der Waals surface area contributed by atoms with Crippen molar-refractivity contribution in [3.63, 3.8) is 0 Å². The molecule has 1 aliphatic rings. The highest BCUT2D eigenvalue weighted by Crippen LogP contribution is 2.27. The van der Waals surface area contributed by atoms with Crippen molar-refractivity contribution in [1.29, 1.82) is 0 Å². The van der Waals surface area contributed by atoms with Crippen LogP contribution in [0.15, 0.2) is 54.6 Å². The molecule has 0 unspecified atom stereocenters. The van der Waals surface area contributed by atoms with Crippen LogP contribution in [0.25, 0.3) is 10.9 Å². The molecule has 1 aliphatic heterocycles. The molecule has 132 valence electrons. The normalized spacial score (nSPS) is 13.5. The molecular formula is C21H21N3O2. The number of anilines is 1. The Bertz CT molecular complexity index is 955. The predicted octanol–water partition coefficient (Wildman–Crippen LogP) is 2.52. The lowest BCUT2D eigenvalue weighted by Crippen LogP contribution is -2.32. The van der Waals surface area contributed by atoms with E-state index in [-0.39, 0.29) is 19.1 Å². The summed E-state index contributed by atoms with van der Waals surface area (Å²) >= 11 is 0. The number of carbonyl (C=O) groups is 1. The van der Waals surface area contributed by atoms with Crippen LogP contribution in [-0.4, -0.2) is 35.7 Å². The Hall–Kier alpha value is -2.92. The van der Waals surface area contributed by atoms with Crippen LogP contribution < -0.4 is 10.2 Å². The first-order chi connectivity index (χ1) is 12.8. The molecule has 2 N–H and O–H groups in total. The van der Waals surface area contributed by atoms with Crippen molar-refractivity contribution < 1.29 is 9.90 Å². The number of nitrogens with zero attached hydrogens (tertiary/aromatic N) is 2. The lowest BCUT2D eigenvalue weighted by molar-refractivity contribution is 0.0946. The second-order valence-corrected chi connectivity index (χ2v) is 6.46. The molecule has 1 amide bonds. The number of nitrogens with one attached hydrogen (secondary N) is 1. The van der Waals surface area contributed by atoms with Gasteiger partial charge in [-0.15, -0.1) is 0 Å². The Balaban J connectivity index is 1.73. The van der Waals surface area contributed by atoms with E-state index in [1.54, 1.807) is 0 Å². The van der Waals surface area contributed by atoms with Gasteiger partial charge in [-0.1, -0.05) is 42.5 Å². The number of carbonyl (C=O) groups excluding carboxylic acids is 1. The molecule has 4 rings (SSSR count). The SMILES string of the molecule is O=C(NCCO)c1cc(N2CCc3ccccc3C2)nc2ccccc12. The lowest BCUT2D eigenvalue weighted by atomic mass is 9.99. The Labute approximate surface area is 152 Å². The zero-order chi connectivity index (χ0) is 17.9. The summed E-state index contributed by atoms with van der Waals surface area (Å²) in [5.74, 6) is 0.628. The van der Waals surface area contributed by atoms with E-state index in [1.165, 1.54) is 11.1 Å². The first kappa shape index (κ1) is 16.5. The Kier molecular flexibility index (Phi) is 4.54. The van der Waals surface area contributed by atoms with Gasteiger partial charge in [0.15, 0.2) is 0 Å². The molecule has 0 bridgehead atoms.